The van der Waals surface area contributed by atoms with Gasteiger partial charge in [-0.25, -0.2) is 9.78 Å². The number of rotatable bonds is 4. The van der Waals surface area contributed by atoms with Crippen molar-refractivity contribution in [1.29, 1.82) is 0 Å². The highest BCUT2D eigenvalue weighted by molar-refractivity contribution is 6.05. The topological polar surface area (TPSA) is 85.8 Å². The normalized spacial score (nSPS) is 14.0. The van der Waals surface area contributed by atoms with E-state index in [9.17, 15) is 14.7 Å². The maximum Gasteiger partial charge on any atom is 0.336 e. The predicted molar refractivity (Wildman–Crippen MR) is 123 cm³/mol. The fourth-order valence-corrected chi connectivity index (χ4v) is 4.09. The molecule has 4 rings (SSSR count). The van der Waals surface area contributed by atoms with Crippen molar-refractivity contribution < 1.29 is 14.7 Å². The average Bonchev–Trinajstić information content (AvgIpc) is 2.74. The monoisotopic (exact) mass is 418 g/mol. The predicted octanol–water partition coefficient (Wildman–Crippen LogP) is 3.83. The molecule has 1 aromatic heterocycles. The number of carbonyl (C=O) groups excluding carboxylic acids is 1. The van der Waals surface area contributed by atoms with Crippen molar-refractivity contribution in [2.24, 2.45) is 0 Å². The minimum absolute atomic E-state index is 0.184. The van der Waals surface area contributed by atoms with Gasteiger partial charge in [0.1, 0.15) is 5.82 Å². The molecule has 2 aromatic carbocycles. The molecule has 1 saturated heterocycles. The first-order valence-corrected chi connectivity index (χ1v) is 10.4. The van der Waals surface area contributed by atoms with Gasteiger partial charge < -0.3 is 20.2 Å². The number of carboxylic acids is 1. The second kappa shape index (κ2) is 8.26. The van der Waals surface area contributed by atoms with Crippen LogP contribution in [0.15, 0.2) is 42.5 Å². The van der Waals surface area contributed by atoms with E-state index in [1.54, 1.807) is 24.3 Å². The summed E-state index contributed by atoms with van der Waals surface area (Å²) in [5, 5.41) is 13.0. The highest BCUT2D eigenvalue weighted by Gasteiger charge is 2.22. The number of aromatic nitrogens is 1. The van der Waals surface area contributed by atoms with Gasteiger partial charge in [0.05, 0.1) is 11.1 Å². The van der Waals surface area contributed by atoms with Crippen molar-refractivity contribution in [3.8, 4) is 0 Å². The highest BCUT2D eigenvalue weighted by Crippen LogP contribution is 2.28. The van der Waals surface area contributed by atoms with Crippen LogP contribution < -0.4 is 15.1 Å². The van der Waals surface area contributed by atoms with Crippen molar-refractivity contribution in [3.63, 3.8) is 0 Å². The maximum atomic E-state index is 11.9. The summed E-state index contributed by atoms with van der Waals surface area (Å²) in [7, 11) is 0. The number of pyridine rings is 1. The van der Waals surface area contributed by atoms with Crippen molar-refractivity contribution in [2.45, 2.75) is 20.8 Å². The molecule has 0 radical (unpaired) electrons. The molecule has 0 unspecified atom stereocenters. The van der Waals surface area contributed by atoms with Crippen LogP contribution in [0.1, 0.15) is 28.4 Å². The molecule has 1 fully saturated rings. The summed E-state index contributed by atoms with van der Waals surface area (Å²) in [6, 6.07) is 13.2. The Kier molecular flexibility index (Phi) is 5.50. The largest absolute Gasteiger partial charge is 0.478 e. The van der Waals surface area contributed by atoms with Gasteiger partial charge in [0.2, 0.25) is 5.91 Å². The van der Waals surface area contributed by atoms with Crippen LogP contribution >= 0.6 is 0 Å². The van der Waals surface area contributed by atoms with Gasteiger partial charge in [-0.05, 0) is 55.3 Å². The molecule has 1 aliphatic rings. The van der Waals surface area contributed by atoms with E-state index in [0.29, 0.717) is 22.4 Å². The van der Waals surface area contributed by atoms with Gasteiger partial charge in [0, 0.05) is 49.9 Å². The summed E-state index contributed by atoms with van der Waals surface area (Å²) in [4.78, 5) is 32.5. The van der Waals surface area contributed by atoms with E-state index < -0.39 is 5.97 Å². The lowest BCUT2D eigenvalue weighted by Gasteiger charge is -2.37. The van der Waals surface area contributed by atoms with Gasteiger partial charge in [-0.2, -0.15) is 0 Å². The number of hydrogen-bond donors (Lipinski definition) is 2. The number of nitrogens with zero attached hydrogens (tertiary/aromatic N) is 3. The number of nitrogens with one attached hydrogen (secondary N) is 1. The molecule has 1 aliphatic heterocycles. The lowest BCUT2D eigenvalue weighted by Crippen LogP contribution is -2.47. The average molecular weight is 418 g/mol. The first-order chi connectivity index (χ1) is 14.8. The fourth-order valence-electron chi connectivity index (χ4n) is 4.09. The molecule has 0 saturated carbocycles. The Labute approximate surface area is 181 Å². The Morgan fingerprint density at radius 3 is 2.39 bits per heavy atom. The fraction of sp³-hybridized carbons (Fsp3) is 0.292. The van der Waals surface area contributed by atoms with Crippen LogP contribution in [-0.2, 0) is 4.79 Å². The van der Waals surface area contributed by atoms with Crippen molar-refractivity contribution in [1.82, 2.24) is 4.98 Å². The lowest BCUT2D eigenvalue weighted by atomic mass is 10.1. The smallest absolute Gasteiger partial charge is 0.336 e. The third kappa shape index (κ3) is 4.17. The zero-order valence-corrected chi connectivity index (χ0v) is 18.0. The molecular weight excluding hydrogens is 392 g/mol. The van der Waals surface area contributed by atoms with E-state index in [2.05, 4.69) is 47.2 Å². The number of carbonyl (C=O) groups is 2. The van der Waals surface area contributed by atoms with Crippen LogP contribution in [-0.4, -0.2) is 48.1 Å². The molecule has 3 aromatic rings. The Balaban J connectivity index is 1.61. The number of aryl methyl sites for hydroxylation is 1. The molecule has 0 spiro atoms. The highest BCUT2D eigenvalue weighted by atomic mass is 16.4. The summed E-state index contributed by atoms with van der Waals surface area (Å²) in [5.74, 6) is -0.553. The summed E-state index contributed by atoms with van der Waals surface area (Å²) in [5.41, 5.74) is 5.16. The quantitative estimate of drug-likeness (QED) is 0.670. The van der Waals surface area contributed by atoms with Crippen LogP contribution in [0.5, 0.6) is 0 Å². The molecule has 1 amide bonds. The van der Waals surface area contributed by atoms with Crippen molar-refractivity contribution in [3.05, 3.63) is 59.2 Å². The molecular formula is C24H26N4O3. The molecule has 0 bridgehead atoms. The van der Waals surface area contributed by atoms with Crippen molar-refractivity contribution >= 4 is 40.0 Å². The minimum Gasteiger partial charge on any atom is -0.478 e. The van der Waals surface area contributed by atoms with Gasteiger partial charge in [-0.1, -0.05) is 12.1 Å². The minimum atomic E-state index is -1.01. The van der Waals surface area contributed by atoms with E-state index >= 15 is 0 Å². The summed E-state index contributed by atoms with van der Waals surface area (Å²) in [6.07, 6.45) is 0. The Morgan fingerprint density at radius 2 is 1.71 bits per heavy atom. The first-order valence-electron chi connectivity index (χ1n) is 10.4. The van der Waals surface area contributed by atoms with Crippen LogP contribution in [0, 0.1) is 13.8 Å². The summed E-state index contributed by atoms with van der Waals surface area (Å²) < 4.78 is 0. The van der Waals surface area contributed by atoms with Gasteiger partial charge >= 0.3 is 5.97 Å². The second-order valence-electron chi connectivity index (χ2n) is 7.94. The third-order valence-corrected chi connectivity index (χ3v) is 5.87. The number of anilines is 3. The second-order valence-corrected chi connectivity index (χ2v) is 7.94. The number of amides is 1. The number of piperazine rings is 1. The van der Waals surface area contributed by atoms with E-state index in [1.807, 2.05) is 0 Å². The molecule has 7 nitrogen and oxygen atoms in total. The van der Waals surface area contributed by atoms with Crippen LogP contribution in [0.2, 0.25) is 0 Å². The van der Waals surface area contributed by atoms with Crippen molar-refractivity contribution in [2.75, 3.05) is 41.3 Å². The molecule has 31 heavy (non-hydrogen) atoms. The molecule has 7 heteroatoms. The Morgan fingerprint density at radius 1 is 1.00 bits per heavy atom. The summed E-state index contributed by atoms with van der Waals surface area (Å²) >= 11 is 0. The third-order valence-electron chi connectivity index (χ3n) is 5.87. The van der Waals surface area contributed by atoms with E-state index in [-0.39, 0.29) is 11.5 Å². The molecule has 0 atom stereocenters. The van der Waals surface area contributed by atoms with E-state index in [4.69, 9.17) is 4.98 Å². The SMILES string of the molecule is CC(=O)Nc1ccc2nc(N3CCN(c4cccc(C)c4C)CC3)cc(C(=O)O)c2c1. The number of hydrogen-bond acceptors (Lipinski definition) is 5. The summed E-state index contributed by atoms with van der Waals surface area (Å²) in [6.45, 7) is 8.89. The van der Waals surface area contributed by atoms with Crippen LogP contribution in [0.3, 0.4) is 0 Å². The van der Waals surface area contributed by atoms with Gasteiger partial charge in [0.25, 0.3) is 0 Å². The zero-order chi connectivity index (χ0) is 22.1. The first kappa shape index (κ1) is 20.7. The van der Waals surface area contributed by atoms with Gasteiger partial charge in [-0.15, -0.1) is 0 Å². The number of benzene rings is 2. The Hall–Kier alpha value is -3.61. The van der Waals surface area contributed by atoms with Crippen LogP contribution in [0.4, 0.5) is 17.2 Å². The number of aromatic carboxylic acids is 1. The van der Waals surface area contributed by atoms with Gasteiger partial charge in [-0.3, -0.25) is 4.79 Å². The van der Waals surface area contributed by atoms with E-state index in [1.165, 1.54) is 23.7 Å². The zero-order valence-electron chi connectivity index (χ0n) is 18.0. The molecule has 0 aliphatic carbocycles. The van der Waals surface area contributed by atoms with Crippen LogP contribution in [0.25, 0.3) is 10.9 Å². The van der Waals surface area contributed by atoms with E-state index in [0.717, 1.165) is 26.2 Å². The lowest BCUT2D eigenvalue weighted by molar-refractivity contribution is -0.114. The maximum absolute atomic E-state index is 11.9. The molecule has 2 heterocycles. The number of fused-ring (bicyclic) bond motifs is 1. The molecule has 2 N–H and O–H groups in total. The standard InChI is InChI=1S/C24H26N4O3/c1-15-5-4-6-22(16(15)2)27-9-11-28(12-10-27)23-14-20(24(30)31)19-13-18(25-17(3)29)7-8-21(19)26-23/h4-8,13-14H,9-12H2,1-3H3,(H,25,29)(H,30,31). The van der Waals surface area contributed by atoms with Gasteiger partial charge in [0.15, 0.2) is 0 Å². The molecule has 160 valence electrons. The number of carboxylic acid groups (broad SMARTS) is 1. The Bertz CT molecular complexity index is 1170.